The first kappa shape index (κ1) is 10.5. The maximum Gasteiger partial charge on any atom is 0.111 e. The molecular formula is C10H14ClNO. The number of hydrogen-bond donors (Lipinski definition) is 1. The molecule has 1 aromatic carbocycles. The molecule has 0 aliphatic carbocycles. The summed E-state index contributed by atoms with van der Waals surface area (Å²) in [6.07, 6.45) is 0.812. The van der Waals surface area contributed by atoms with E-state index in [0.29, 0.717) is 0 Å². The van der Waals surface area contributed by atoms with Crippen molar-refractivity contribution in [2.24, 2.45) is 0 Å². The van der Waals surface area contributed by atoms with Crippen LogP contribution in [0.15, 0.2) is 24.3 Å². The molecule has 0 aromatic heterocycles. The highest BCUT2D eigenvalue weighted by Gasteiger charge is 2.07. The van der Waals surface area contributed by atoms with Crippen molar-refractivity contribution in [2.75, 3.05) is 14.2 Å². The van der Waals surface area contributed by atoms with Gasteiger partial charge in [0.1, 0.15) is 6.23 Å². The van der Waals surface area contributed by atoms with Gasteiger partial charge in [-0.05, 0) is 18.7 Å². The van der Waals surface area contributed by atoms with E-state index >= 15 is 0 Å². The van der Waals surface area contributed by atoms with E-state index in [-0.39, 0.29) is 6.23 Å². The molecule has 0 heterocycles. The number of hydrogen-bond acceptors (Lipinski definition) is 2. The van der Waals surface area contributed by atoms with Crippen LogP contribution in [0.3, 0.4) is 0 Å². The first-order chi connectivity index (χ1) is 6.27. The molecule has 0 aliphatic rings. The lowest BCUT2D eigenvalue weighted by atomic mass is 10.1. The van der Waals surface area contributed by atoms with Crippen LogP contribution in [0.2, 0.25) is 5.02 Å². The Morgan fingerprint density at radius 3 is 2.69 bits per heavy atom. The van der Waals surface area contributed by atoms with Gasteiger partial charge in [-0.15, -0.1) is 0 Å². The average Bonchev–Trinajstić information content (AvgIpc) is 2.17. The molecule has 0 spiro atoms. The molecule has 1 atom stereocenters. The van der Waals surface area contributed by atoms with Crippen molar-refractivity contribution >= 4 is 11.6 Å². The fourth-order valence-electron chi connectivity index (χ4n) is 1.17. The van der Waals surface area contributed by atoms with Crippen LogP contribution >= 0.6 is 11.6 Å². The van der Waals surface area contributed by atoms with Crippen LogP contribution in [0.5, 0.6) is 0 Å². The molecule has 2 nitrogen and oxygen atoms in total. The largest absolute Gasteiger partial charge is 0.366 e. The zero-order valence-electron chi connectivity index (χ0n) is 7.88. The van der Waals surface area contributed by atoms with Crippen LogP contribution in [0.25, 0.3) is 0 Å². The van der Waals surface area contributed by atoms with Crippen LogP contribution < -0.4 is 5.32 Å². The minimum Gasteiger partial charge on any atom is -0.366 e. The summed E-state index contributed by atoms with van der Waals surface area (Å²) in [5, 5.41) is 3.84. The van der Waals surface area contributed by atoms with Crippen molar-refractivity contribution in [3.8, 4) is 0 Å². The van der Waals surface area contributed by atoms with Gasteiger partial charge in [0.25, 0.3) is 0 Å². The van der Waals surface area contributed by atoms with Crippen molar-refractivity contribution in [3.05, 3.63) is 34.9 Å². The first-order valence-electron chi connectivity index (χ1n) is 4.21. The third-order valence-electron chi connectivity index (χ3n) is 1.97. The number of rotatable bonds is 4. The Labute approximate surface area is 83.9 Å². The van der Waals surface area contributed by atoms with Crippen LogP contribution in [-0.4, -0.2) is 20.4 Å². The Morgan fingerprint density at radius 2 is 2.15 bits per heavy atom. The van der Waals surface area contributed by atoms with E-state index in [9.17, 15) is 0 Å². The lowest BCUT2D eigenvalue weighted by Crippen LogP contribution is -2.29. The fraction of sp³-hybridized carbons (Fsp3) is 0.400. The molecule has 13 heavy (non-hydrogen) atoms. The van der Waals surface area contributed by atoms with E-state index in [0.717, 1.165) is 17.0 Å². The van der Waals surface area contributed by atoms with Crippen LogP contribution in [0, 0.1) is 0 Å². The molecule has 3 heteroatoms. The molecular weight excluding hydrogens is 186 g/mol. The third kappa shape index (κ3) is 2.99. The molecule has 0 amide bonds. The van der Waals surface area contributed by atoms with Crippen molar-refractivity contribution in [1.82, 2.24) is 5.32 Å². The summed E-state index contributed by atoms with van der Waals surface area (Å²) in [5.41, 5.74) is 1.10. The van der Waals surface area contributed by atoms with Gasteiger partial charge in [-0.3, -0.25) is 5.32 Å². The molecule has 0 saturated heterocycles. The number of ether oxygens (including phenoxy) is 1. The smallest absolute Gasteiger partial charge is 0.111 e. The summed E-state index contributed by atoms with van der Waals surface area (Å²) in [4.78, 5) is 0. The zero-order chi connectivity index (χ0) is 9.68. The molecule has 1 aromatic rings. The monoisotopic (exact) mass is 199 g/mol. The fourth-order valence-corrected chi connectivity index (χ4v) is 1.38. The van der Waals surface area contributed by atoms with Gasteiger partial charge in [0.05, 0.1) is 0 Å². The molecule has 0 radical (unpaired) electrons. The van der Waals surface area contributed by atoms with E-state index in [1.54, 1.807) is 7.11 Å². The molecule has 0 bridgehead atoms. The minimum absolute atomic E-state index is 0.0277. The van der Waals surface area contributed by atoms with Gasteiger partial charge in [0.2, 0.25) is 0 Å². The number of methoxy groups -OCH3 is 1. The van der Waals surface area contributed by atoms with Crippen LogP contribution in [0.1, 0.15) is 5.56 Å². The predicted molar refractivity (Wildman–Crippen MR) is 55.0 cm³/mol. The van der Waals surface area contributed by atoms with E-state index in [1.165, 1.54) is 0 Å². The van der Waals surface area contributed by atoms with E-state index in [2.05, 4.69) is 5.32 Å². The quantitative estimate of drug-likeness (QED) is 0.750. The van der Waals surface area contributed by atoms with Crippen LogP contribution in [0.4, 0.5) is 0 Å². The summed E-state index contributed by atoms with van der Waals surface area (Å²) >= 11 is 6.00. The molecule has 1 unspecified atom stereocenters. The van der Waals surface area contributed by atoms with Gasteiger partial charge >= 0.3 is 0 Å². The van der Waals surface area contributed by atoms with Gasteiger partial charge in [-0.2, -0.15) is 0 Å². The van der Waals surface area contributed by atoms with Crippen molar-refractivity contribution in [1.29, 1.82) is 0 Å². The minimum atomic E-state index is 0.0277. The average molecular weight is 200 g/mol. The molecule has 0 aliphatic heterocycles. The topological polar surface area (TPSA) is 21.3 Å². The van der Waals surface area contributed by atoms with Crippen molar-refractivity contribution in [3.63, 3.8) is 0 Å². The second-order valence-corrected chi connectivity index (χ2v) is 3.22. The SMILES string of the molecule is CNC(Cc1ccccc1Cl)OC. The number of benzene rings is 1. The Bertz CT molecular complexity index is 261. The first-order valence-corrected chi connectivity index (χ1v) is 4.59. The van der Waals surface area contributed by atoms with Gasteiger partial charge in [-0.1, -0.05) is 29.8 Å². The molecule has 1 N–H and O–H groups in total. The summed E-state index contributed by atoms with van der Waals surface area (Å²) in [6.45, 7) is 0. The molecule has 0 fully saturated rings. The maximum atomic E-state index is 6.00. The van der Waals surface area contributed by atoms with E-state index in [1.807, 2.05) is 31.3 Å². The van der Waals surface area contributed by atoms with E-state index < -0.39 is 0 Å². The van der Waals surface area contributed by atoms with Gasteiger partial charge in [-0.25, -0.2) is 0 Å². The second-order valence-electron chi connectivity index (χ2n) is 2.81. The Kier molecular flexibility index (Phi) is 4.22. The van der Waals surface area contributed by atoms with E-state index in [4.69, 9.17) is 16.3 Å². The lowest BCUT2D eigenvalue weighted by molar-refractivity contribution is 0.0812. The Morgan fingerprint density at radius 1 is 1.46 bits per heavy atom. The Hall–Kier alpha value is -0.570. The Balaban J connectivity index is 2.67. The standard InChI is InChI=1S/C10H14ClNO/c1-12-10(13-2)7-8-5-3-4-6-9(8)11/h3-6,10,12H,7H2,1-2H3. The molecule has 72 valence electrons. The second kappa shape index (κ2) is 5.22. The summed E-state index contributed by atoms with van der Waals surface area (Å²) < 4.78 is 5.19. The van der Waals surface area contributed by atoms with Crippen molar-refractivity contribution < 1.29 is 4.74 Å². The zero-order valence-corrected chi connectivity index (χ0v) is 8.64. The number of halogens is 1. The number of nitrogens with one attached hydrogen (secondary N) is 1. The lowest BCUT2D eigenvalue weighted by Gasteiger charge is -2.14. The highest BCUT2D eigenvalue weighted by molar-refractivity contribution is 6.31. The molecule has 0 saturated carbocycles. The van der Waals surface area contributed by atoms with Gasteiger partial charge in [0, 0.05) is 18.6 Å². The molecule has 1 rings (SSSR count). The van der Waals surface area contributed by atoms with Crippen LogP contribution in [-0.2, 0) is 11.2 Å². The number of likely N-dealkylation sites (N-methyl/N-ethyl adjacent to an activating group) is 1. The third-order valence-corrected chi connectivity index (χ3v) is 2.34. The van der Waals surface area contributed by atoms with Crippen molar-refractivity contribution in [2.45, 2.75) is 12.6 Å². The normalized spacial score (nSPS) is 12.8. The summed E-state index contributed by atoms with van der Waals surface area (Å²) in [6, 6.07) is 7.79. The summed E-state index contributed by atoms with van der Waals surface area (Å²) in [5.74, 6) is 0. The predicted octanol–water partition coefficient (Wildman–Crippen LogP) is 2.07. The maximum absolute atomic E-state index is 6.00. The summed E-state index contributed by atoms with van der Waals surface area (Å²) in [7, 11) is 3.54. The highest BCUT2D eigenvalue weighted by atomic mass is 35.5. The van der Waals surface area contributed by atoms with Gasteiger partial charge in [0.15, 0.2) is 0 Å². The highest BCUT2D eigenvalue weighted by Crippen LogP contribution is 2.16. The van der Waals surface area contributed by atoms with Gasteiger partial charge < -0.3 is 4.74 Å².